The smallest absolute Gasteiger partial charge is 0.153 e. The molecule has 4 heterocycles. The van der Waals surface area contributed by atoms with Gasteiger partial charge in [-0.25, -0.2) is 14.6 Å². The number of fused-ring (bicyclic) bond motifs is 3. The van der Waals surface area contributed by atoms with Crippen LogP contribution in [0.4, 0.5) is 8.78 Å². The van der Waals surface area contributed by atoms with Crippen LogP contribution >= 0.6 is 0 Å². The molecule has 0 radical (unpaired) electrons. The van der Waals surface area contributed by atoms with Gasteiger partial charge in [-0.15, -0.1) is 0 Å². The lowest BCUT2D eigenvalue weighted by Gasteiger charge is -2.33. The number of aliphatic hydroxyl groups is 1. The van der Waals surface area contributed by atoms with Gasteiger partial charge in [-0.05, 0) is 51.7 Å². The lowest BCUT2D eigenvalue weighted by atomic mass is 9.86. The standard InChI is InChI=1S/C29H34F2N6O2/c1-16(32)26(36(4)33)18-13-23-25(35-14-18)20-5-6-21(29(2,3)38)24(31)28(20)37(23)27(17-8-11-39-12-9-17)19-7-10-34-15-22(19)30/h5-7,10,13-15,17,27,38H,8-9,11-12,32-33H2,1-4H3/b26-16-. The number of nitrogens with zero attached hydrogens (tertiary/aromatic N) is 4. The number of hydrogen-bond donors (Lipinski definition) is 3. The molecule has 1 saturated heterocycles. The minimum absolute atomic E-state index is 0.0632. The maximum atomic E-state index is 16.5. The van der Waals surface area contributed by atoms with Crippen molar-refractivity contribution in [3.63, 3.8) is 0 Å². The molecule has 5 rings (SSSR count). The van der Waals surface area contributed by atoms with E-state index in [1.807, 2.05) is 10.6 Å². The molecule has 1 atom stereocenters. The fourth-order valence-corrected chi connectivity index (χ4v) is 5.82. The average Bonchev–Trinajstić information content (AvgIpc) is 3.19. The number of ether oxygens (including phenoxy) is 1. The van der Waals surface area contributed by atoms with Crippen LogP contribution in [0.15, 0.2) is 48.6 Å². The molecule has 0 spiro atoms. The number of benzene rings is 1. The van der Waals surface area contributed by atoms with E-state index in [9.17, 15) is 5.11 Å². The fraction of sp³-hybridized carbons (Fsp3) is 0.379. The van der Waals surface area contributed by atoms with Crippen molar-refractivity contribution >= 4 is 27.6 Å². The molecule has 5 N–H and O–H groups in total. The summed E-state index contributed by atoms with van der Waals surface area (Å²) < 4.78 is 39.5. The largest absolute Gasteiger partial charge is 0.401 e. The Kier molecular flexibility index (Phi) is 7.04. The molecule has 0 aliphatic carbocycles. The van der Waals surface area contributed by atoms with Gasteiger partial charge in [-0.1, -0.05) is 12.1 Å². The van der Waals surface area contributed by atoms with Crippen LogP contribution in [-0.4, -0.2) is 44.9 Å². The third-order valence-electron chi connectivity index (χ3n) is 7.51. The van der Waals surface area contributed by atoms with E-state index in [2.05, 4.69) is 4.98 Å². The number of hydrazine groups is 1. The van der Waals surface area contributed by atoms with Crippen LogP contribution < -0.4 is 11.6 Å². The highest BCUT2D eigenvalue weighted by molar-refractivity contribution is 6.07. The third kappa shape index (κ3) is 4.73. The molecule has 1 aliphatic rings. The van der Waals surface area contributed by atoms with Gasteiger partial charge in [0.15, 0.2) is 5.82 Å². The first kappa shape index (κ1) is 27.0. The van der Waals surface area contributed by atoms with Crippen LogP contribution in [-0.2, 0) is 10.3 Å². The molecule has 4 aromatic rings. The van der Waals surface area contributed by atoms with E-state index in [1.54, 1.807) is 44.6 Å². The topological polar surface area (TPSA) is 115 Å². The van der Waals surface area contributed by atoms with E-state index in [4.69, 9.17) is 21.3 Å². The predicted molar refractivity (Wildman–Crippen MR) is 147 cm³/mol. The second-order valence-electron chi connectivity index (χ2n) is 10.8. The maximum absolute atomic E-state index is 16.5. The Bertz CT molecular complexity index is 1560. The van der Waals surface area contributed by atoms with Crippen molar-refractivity contribution in [1.29, 1.82) is 0 Å². The summed E-state index contributed by atoms with van der Waals surface area (Å²) in [5.41, 5.74) is 8.36. The molecule has 1 unspecified atom stereocenters. The normalized spacial score (nSPS) is 16.5. The number of halogens is 2. The summed E-state index contributed by atoms with van der Waals surface area (Å²) in [5, 5.41) is 12.8. The summed E-state index contributed by atoms with van der Waals surface area (Å²) in [4.78, 5) is 8.69. The Labute approximate surface area is 225 Å². The zero-order valence-corrected chi connectivity index (χ0v) is 22.6. The second-order valence-corrected chi connectivity index (χ2v) is 10.8. The molecular formula is C29H34F2N6O2. The summed E-state index contributed by atoms with van der Waals surface area (Å²) in [6.07, 6.45) is 5.69. The van der Waals surface area contributed by atoms with Gasteiger partial charge in [0.1, 0.15) is 5.82 Å². The van der Waals surface area contributed by atoms with E-state index >= 15 is 8.78 Å². The van der Waals surface area contributed by atoms with Gasteiger partial charge in [-0.2, -0.15) is 0 Å². The Hall–Kier alpha value is -3.60. The van der Waals surface area contributed by atoms with Crippen molar-refractivity contribution in [3.05, 3.63) is 76.9 Å². The van der Waals surface area contributed by atoms with Crippen LogP contribution in [0.25, 0.3) is 27.6 Å². The molecule has 10 heteroatoms. The Morgan fingerprint density at radius 1 is 1.21 bits per heavy atom. The lowest BCUT2D eigenvalue weighted by molar-refractivity contribution is 0.0547. The molecule has 1 aliphatic heterocycles. The summed E-state index contributed by atoms with van der Waals surface area (Å²) in [6.45, 7) is 5.85. The first-order valence-corrected chi connectivity index (χ1v) is 13.0. The van der Waals surface area contributed by atoms with Crippen LogP contribution in [0, 0.1) is 17.6 Å². The number of rotatable bonds is 6. The van der Waals surface area contributed by atoms with Crippen molar-refractivity contribution in [2.45, 2.75) is 45.3 Å². The lowest BCUT2D eigenvalue weighted by Crippen LogP contribution is -2.28. The molecule has 1 fully saturated rings. The highest BCUT2D eigenvalue weighted by atomic mass is 19.1. The molecule has 39 heavy (non-hydrogen) atoms. The molecular weight excluding hydrogens is 502 g/mol. The Balaban J connectivity index is 1.94. The first-order chi connectivity index (χ1) is 18.5. The predicted octanol–water partition coefficient (Wildman–Crippen LogP) is 4.56. The SMILES string of the molecule is C/C(N)=C(\c1cnc2c3ccc(C(C)(C)O)c(F)c3n(C(c3ccncc3F)C3CCOCC3)c2c1)N(C)N. The minimum Gasteiger partial charge on any atom is -0.401 e. The second kappa shape index (κ2) is 10.2. The number of allylic oxidation sites excluding steroid dienone is 1. The highest BCUT2D eigenvalue weighted by Gasteiger charge is 2.34. The first-order valence-electron chi connectivity index (χ1n) is 13.0. The fourth-order valence-electron chi connectivity index (χ4n) is 5.82. The van der Waals surface area contributed by atoms with Crippen molar-refractivity contribution in [2.24, 2.45) is 17.5 Å². The minimum atomic E-state index is -1.44. The molecule has 0 saturated carbocycles. The van der Waals surface area contributed by atoms with Crippen molar-refractivity contribution in [2.75, 3.05) is 20.3 Å². The summed E-state index contributed by atoms with van der Waals surface area (Å²) in [7, 11) is 1.68. The summed E-state index contributed by atoms with van der Waals surface area (Å²) in [6, 6.07) is 6.26. The van der Waals surface area contributed by atoms with Crippen LogP contribution in [0.2, 0.25) is 0 Å². The van der Waals surface area contributed by atoms with Crippen molar-refractivity contribution < 1.29 is 18.6 Å². The number of nitrogens with two attached hydrogens (primary N) is 2. The van der Waals surface area contributed by atoms with E-state index in [1.165, 1.54) is 25.1 Å². The molecule has 206 valence electrons. The summed E-state index contributed by atoms with van der Waals surface area (Å²) >= 11 is 0. The van der Waals surface area contributed by atoms with E-state index < -0.39 is 23.3 Å². The van der Waals surface area contributed by atoms with Gasteiger partial charge in [0.05, 0.1) is 40.1 Å². The van der Waals surface area contributed by atoms with Gasteiger partial charge < -0.3 is 25.2 Å². The van der Waals surface area contributed by atoms with Gasteiger partial charge in [0.2, 0.25) is 0 Å². The molecule has 0 amide bonds. The van der Waals surface area contributed by atoms with Gasteiger partial charge in [0.25, 0.3) is 0 Å². The van der Waals surface area contributed by atoms with Gasteiger partial charge in [-0.3, -0.25) is 9.97 Å². The van der Waals surface area contributed by atoms with Gasteiger partial charge in [0, 0.05) is 60.4 Å². The summed E-state index contributed by atoms with van der Waals surface area (Å²) in [5.74, 6) is 4.99. The van der Waals surface area contributed by atoms with Crippen molar-refractivity contribution in [3.8, 4) is 0 Å². The quantitative estimate of drug-likeness (QED) is 0.244. The molecule has 0 bridgehead atoms. The van der Waals surface area contributed by atoms with Crippen LogP contribution in [0.3, 0.4) is 0 Å². The van der Waals surface area contributed by atoms with E-state index in [-0.39, 0.29) is 17.0 Å². The van der Waals surface area contributed by atoms with Crippen molar-refractivity contribution in [1.82, 2.24) is 19.5 Å². The zero-order valence-electron chi connectivity index (χ0n) is 22.6. The van der Waals surface area contributed by atoms with Crippen LogP contribution in [0.1, 0.15) is 56.3 Å². The van der Waals surface area contributed by atoms with Gasteiger partial charge >= 0.3 is 0 Å². The highest BCUT2D eigenvalue weighted by Crippen LogP contribution is 2.43. The Morgan fingerprint density at radius 3 is 2.54 bits per heavy atom. The monoisotopic (exact) mass is 536 g/mol. The van der Waals surface area contributed by atoms with E-state index in [0.29, 0.717) is 65.0 Å². The molecule has 8 nitrogen and oxygen atoms in total. The third-order valence-corrected chi connectivity index (χ3v) is 7.51. The number of hydrogen-bond acceptors (Lipinski definition) is 7. The van der Waals surface area contributed by atoms with E-state index in [0.717, 1.165) is 0 Å². The maximum Gasteiger partial charge on any atom is 0.153 e. The number of aromatic nitrogens is 3. The van der Waals surface area contributed by atoms with Crippen LogP contribution in [0.5, 0.6) is 0 Å². The Morgan fingerprint density at radius 2 is 1.92 bits per heavy atom. The average molecular weight is 537 g/mol. The number of pyridine rings is 2. The molecule has 3 aromatic heterocycles. The molecule has 1 aromatic carbocycles. The zero-order chi connectivity index (χ0) is 28.1.